The Hall–Kier alpha value is -1.13. The summed E-state index contributed by atoms with van der Waals surface area (Å²) in [5.41, 5.74) is 3.73. The maximum absolute atomic E-state index is 4.58. The van der Waals surface area contributed by atoms with Crippen LogP contribution in [0.15, 0.2) is 17.5 Å². The molecular formula is C15H23N3S. The molecule has 2 aromatic rings. The van der Waals surface area contributed by atoms with Crippen LogP contribution in [0.2, 0.25) is 0 Å². The average Bonchev–Trinajstić information content (AvgIpc) is 2.97. The first kappa shape index (κ1) is 14.3. The first-order chi connectivity index (χ1) is 9.17. The fourth-order valence-corrected chi connectivity index (χ4v) is 3.36. The van der Waals surface area contributed by atoms with Crippen LogP contribution in [0.4, 0.5) is 0 Å². The van der Waals surface area contributed by atoms with Gasteiger partial charge in [0.15, 0.2) is 0 Å². The van der Waals surface area contributed by atoms with Gasteiger partial charge in [0, 0.05) is 11.4 Å². The van der Waals surface area contributed by atoms with Gasteiger partial charge < -0.3 is 5.32 Å². The van der Waals surface area contributed by atoms with Crippen LogP contribution in [0.5, 0.6) is 0 Å². The van der Waals surface area contributed by atoms with E-state index in [-0.39, 0.29) is 6.04 Å². The lowest BCUT2D eigenvalue weighted by atomic mass is 10.1. The highest BCUT2D eigenvalue weighted by Gasteiger charge is 2.21. The van der Waals surface area contributed by atoms with Gasteiger partial charge in [-0.15, -0.1) is 11.3 Å². The lowest BCUT2D eigenvalue weighted by Gasteiger charge is -2.19. The van der Waals surface area contributed by atoms with Gasteiger partial charge in [-0.05, 0) is 56.8 Å². The van der Waals surface area contributed by atoms with Crippen LogP contribution < -0.4 is 5.32 Å². The average molecular weight is 277 g/mol. The molecule has 0 aromatic carbocycles. The standard InChI is InChI=1S/C15H23N3S/c1-5-8-16-14(15-11(3)7-9-19-15)13-10-12(4)17-18(13)6-2/h7,9-10,14,16H,5-6,8H2,1-4H3. The first-order valence-electron chi connectivity index (χ1n) is 6.99. The van der Waals surface area contributed by atoms with Gasteiger partial charge in [0.2, 0.25) is 0 Å². The predicted molar refractivity (Wildman–Crippen MR) is 81.8 cm³/mol. The maximum atomic E-state index is 4.58. The van der Waals surface area contributed by atoms with E-state index in [4.69, 9.17) is 0 Å². The van der Waals surface area contributed by atoms with Crippen LogP contribution >= 0.6 is 11.3 Å². The molecule has 1 atom stereocenters. The van der Waals surface area contributed by atoms with E-state index in [1.54, 1.807) is 0 Å². The van der Waals surface area contributed by atoms with Crippen molar-refractivity contribution in [3.8, 4) is 0 Å². The van der Waals surface area contributed by atoms with Crippen molar-refractivity contribution in [2.75, 3.05) is 6.54 Å². The Morgan fingerprint density at radius 3 is 2.74 bits per heavy atom. The maximum Gasteiger partial charge on any atom is 0.0844 e. The van der Waals surface area contributed by atoms with E-state index in [9.17, 15) is 0 Å². The lowest BCUT2D eigenvalue weighted by molar-refractivity contribution is 0.532. The van der Waals surface area contributed by atoms with Crippen molar-refractivity contribution < 1.29 is 0 Å². The minimum absolute atomic E-state index is 0.265. The van der Waals surface area contributed by atoms with Gasteiger partial charge in [-0.2, -0.15) is 5.10 Å². The highest BCUT2D eigenvalue weighted by molar-refractivity contribution is 7.10. The van der Waals surface area contributed by atoms with Crippen LogP contribution in [0.25, 0.3) is 0 Å². The Labute approximate surface area is 119 Å². The molecule has 2 rings (SSSR count). The third-order valence-corrected chi connectivity index (χ3v) is 4.37. The molecule has 0 fully saturated rings. The Morgan fingerprint density at radius 2 is 2.16 bits per heavy atom. The predicted octanol–water partition coefficient (Wildman–Crippen LogP) is 3.67. The number of nitrogens with one attached hydrogen (secondary N) is 1. The zero-order chi connectivity index (χ0) is 13.8. The van der Waals surface area contributed by atoms with Gasteiger partial charge in [-0.25, -0.2) is 0 Å². The second kappa shape index (κ2) is 6.35. The van der Waals surface area contributed by atoms with E-state index >= 15 is 0 Å². The van der Waals surface area contributed by atoms with Crippen LogP contribution in [-0.2, 0) is 6.54 Å². The third-order valence-electron chi connectivity index (χ3n) is 3.29. The molecule has 0 spiro atoms. The Bertz CT molecular complexity index is 527. The number of aromatic nitrogens is 2. The number of aryl methyl sites for hydroxylation is 3. The zero-order valence-corrected chi connectivity index (χ0v) is 13.0. The van der Waals surface area contributed by atoms with Crippen molar-refractivity contribution in [1.29, 1.82) is 0 Å². The molecule has 0 saturated heterocycles. The van der Waals surface area contributed by atoms with Gasteiger partial charge >= 0.3 is 0 Å². The Kier molecular flexibility index (Phi) is 4.77. The largest absolute Gasteiger partial charge is 0.304 e. The van der Waals surface area contributed by atoms with Gasteiger partial charge in [0.1, 0.15) is 0 Å². The smallest absolute Gasteiger partial charge is 0.0844 e. The van der Waals surface area contributed by atoms with Crippen molar-refractivity contribution in [2.45, 2.75) is 46.7 Å². The number of hydrogen-bond donors (Lipinski definition) is 1. The van der Waals surface area contributed by atoms with Gasteiger partial charge in [0.25, 0.3) is 0 Å². The molecule has 0 aliphatic carbocycles. The molecule has 4 heteroatoms. The van der Waals surface area contributed by atoms with E-state index in [0.29, 0.717) is 0 Å². The monoisotopic (exact) mass is 277 g/mol. The summed E-state index contributed by atoms with van der Waals surface area (Å²) >= 11 is 1.83. The highest BCUT2D eigenvalue weighted by Crippen LogP contribution is 2.29. The number of rotatable bonds is 6. The van der Waals surface area contributed by atoms with E-state index in [0.717, 1.165) is 25.2 Å². The second-order valence-electron chi connectivity index (χ2n) is 4.88. The van der Waals surface area contributed by atoms with E-state index in [2.05, 4.69) is 60.3 Å². The fourth-order valence-electron chi connectivity index (χ4n) is 2.35. The summed E-state index contributed by atoms with van der Waals surface area (Å²) in [5, 5.41) is 10.4. The molecule has 0 aliphatic heterocycles. The van der Waals surface area contributed by atoms with E-state index in [1.807, 2.05) is 11.3 Å². The second-order valence-corrected chi connectivity index (χ2v) is 5.83. The van der Waals surface area contributed by atoms with Gasteiger partial charge in [0.05, 0.1) is 17.4 Å². The molecule has 1 unspecified atom stereocenters. The SMILES string of the molecule is CCCNC(c1sccc1C)c1cc(C)nn1CC. The molecule has 0 saturated carbocycles. The molecule has 3 nitrogen and oxygen atoms in total. The number of nitrogens with zero attached hydrogens (tertiary/aromatic N) is 2. The minimum Gasteiger partial charge on any atom is -0.304 e. The summed E-state index contributed by atoms with van der Waals surface area (Å²) in [6, 6.07) is 4.66. The van der Waals surface area contributed by atoms with Crippen molar-refractivity contribution in [3.63, 3.8) is 0 Å². The fraction of sp³-hybridized carbons (Fsp3) is 0.533. The molecule has 2 aromatic heterocycles. The van der Waals surface area contributed by atoms with Crippen LogP contribution in [-0.4, -0.2) is 16.3 Å². The normalized spacial score (nSPS) is 12.8. The summed E-state index contributed by atoms with van der Waals surface area (Å²) in [6.45, 7) is 10.5. The van der Waals surface area contributed by atoms with Crippen LogP contribution in [0.3, 0.4) is 0 Å². The molecule has 0 amide bonds. The van der Waals surface area contributed by atoms with E-state index < -0.39 is 0 Å². The molecule has 1 N–H and O–H groups in total. The van der Waals surface area contributed by atoms with Crippen molar-refractivity contribution in [2.24, 2.45) is 0 Å². The van der Waals surface area contributed by atoms with Crippen LogP contribution in [0.1, 0.15) is 48.1 Å². The van der Waals surface area contributed by atoms with E-state index in [1.165, 1.54) is 16.1 Å². The first-order valence-corrected chi connectivity index (χ1v) is 7.87. The topological polar surface area (TPSA) is 29.9 Å². The lowest BCUT2D eigenvalue weighted by Crippen LogP contribution is -2.25. The summed E-state index contributed by atoms with van der Waals surface area (Å²) in [6.07, 6.45) is 1.14. The highest BCUT2D eigenvalue weighted by atomic mass is 32.1. The Balaban J connectivity index is 2.39. The molecule has 0 bridgehead atoms. The van der Waals surface area contributed by atoms with Crippen molar-refractivity contribution >= 4 is 11.3 Å². The molecule has 104 valence electrons. The summed E-state index contributed by atoms with van der Waals surface area (Å²) < 4.78 is 2.11. The van der Waals surface area contributed by atoms with Crippen LogP contribution in [0, 0.1) is 13.8 Å². The Morgan fingerprint density at radius 1 is 1.37 bits per heavy atom. The third kappa shape index (κ3) is 3.07. The summed E-state index contributed by atoms with van der Waals surface area (Å²) in [5.74, 6) is 0. The van der Waals surface area contributed by atoms with Gasteiger partial charge in [-0.1, -0.05) is 6.92 Å². The van der Waals surface area contributed by atoms with Gasteiger partial charge in [-0.3, -0.25) is 4.68 Å². The molecule has 2 heterocycles. The zero-order valence-electron chi connectivity index (χ0n) is 12.2. The van der Waals surface area contributed by atoms with Crippen molar-refractivity contribution in [3.05, 3.63) is 39.3 Å². The summed E-state index contributed by atoms with van der Waals surface area (Å²) in [4.78, 5) is 1.41. The molecule has 0 radical (unpaired) electrons. The number of hydrogen-bond acceptors (Lipinski definition) is 3. The molecule has 19 heavy (non-hydrogen) atoms. The summed E-state index contributed by atoms with van der Waals surface area (Å²) in [7, 11) is 0. The molecule has 0 aliphatic rings. The minimum atomic E-state index is 0.265. The quantitative estimate of drug-likeness (QED) is 0.873. The van der Waals surface area contributed by atoms with Crippen molar-refractivity contribution in [1.82, 2.24) is 15.1 Å². The molecular weight excluding hydrogens is 254 g/mol. The number of thiophene rings is 1.